The molecule has 2 heterocycles. The van der Waals surface area contributed by atoms with E-state index in [2.05, 4.69) is 9.97 Å². The van der Waals surface area contributed by atoms with E-state index >= 15 is 0 Å². The Hall–Kier alpha value is -3.12. The molecule has 0 saturated heterocycles. The van der Waals surface area contributed by atoms with Crippen LogP contribution in [-0.2, 0) is 17.6 Å². The molecule has 6 heteroatoms. The molecule has 2 aromatic heterocycles. The molecular formula is C21H15FN2O2S. The number of hydrogen-bond acceptors (Lipinski definition) is 5. The third kappa shape index (κ3) is 4.17. The summed E-state index contributed by atoms with van der Waals surface area (Å²) in [7, 11) is 0. The average Bonchev–Trinajstić information content (AvgIpc) is 3.13. The lowest BCUT2D eigenvalue weighted by Crippen LogP contribution is -2.06. The van der Waals surface area contributed by atoms with Crippen molar-refractivity contribution < 1.29 is 13.9 Å². The number of hydrogen-bond donors (Lipinski definition) is 0. The van der Waals surface area contributed by atoms with Crippen LogP contribution >= 0.6 is 11.3 Å². The number of carbonyl (C=O) groups excluding carboxylic acids is 1. The van der Waals surface area contributed by atoms with Crippen LogP contribution in [0.3, 0.4) is 0 Å². The Balaban J connectivity index is 1.41. The van der Waals surface area contributed by atoms with Crippen molar-refractivity contribution in [3.8, 4) is 11.6 Å². The van der Waals surface area contributed by atoms with Crippen LogP contribution in [0.2, 0.25) is 0 Å². The molecule has 4 rings (SSSR count). The number of rotatable bonds is 6. The van der Waals surface area contributed by atoms with Gasteiger partial charge >= 0.3 is 0 Å². The molecule has 0 unspecified atom stereocenters. The smallest absolute Gasteiger partial charge is 0.240 e. The number of thiophene rings is 1. The van der Waals surface area contributed by atoms with Crippen LogP contribution in [0.5, 0.6) is 11.6 Å². The SMILES string of the molecule is O=C(Cc1ccc(Oc2ncnc3ccsc23)cc1)Cc1cccc(F)c1. The molecule has 0 aliphatic carbocycles. The first-order valence-electron chi connectivity index (χ1n) is 8.38. The van der Waals surface area contributed by atoms with E-state index in [1.807, 2.05) is 35.7 Å². The number of ketones is 1. The minimum atomic E-state index is -0.327. The third-order valence-electron chi connectivity index (χ3n) is 4.04. The van der Waals surface area contributed by atoms with E-state index in [1.54, 1.807) is 12.1 Å². The molecular weight excluding hydrogens is 363 g/mol. The Kier molecular flexibility index (Phi) is 4.89. The summed E-state index contributed by atoms with van der Waals surface area (Å²) in [6, 6.07) is 15.4. The zero-order valence-corrected chi connectivity index (χ0v) is 15.1. The molecule has 0 N–H and O–H groups in total. The van der Waals surface area contributed by atoms with E-state index in [-0.39, 0.29) is 18.0 Å². The second-order valence-corrected chi connectivity index (χ2v) is 7.00. The Morgan fingerprint density at radius 1 is 1.00 bits per heavy atom. The monoisotopic (exact) mass is 378 g/mol. The molecule has 27 heavy (non-hydrogen) atoms. The van der Waals surface area contributed by atoms with E-state index in [9.17, 15) is 9.18 Å². The maximum absolute atomic E-state index is 13.2. The van der Waals surface area contributed by atoms with E-state index in [4.69, 9.17) is 4.74 Å². The van der Waals surface area contributed by atoms with Gasteiger partial charge in [0.15, 0.2) is 0 Å². The van der Waals surface area contributed by atoms with Crippen molar-refractivity contribution in [1.82, 2.24) is 9.97 Å². The summed E-state index contributed by atoms with van der Waals surface area (Å²) in [5, 5.41) is 1.94. The summed E-state index contributed by atoms with van der Waals surface area (Å²) in [4.78, 5) is 20.6. The number of ether oxygens (including phenoxy) is 1. The maximum atomic E-state index is 13.2. The summed E-state index contributed by atoms with van der Waals surface area (Å²) >= 11 is 1.53. The molecule has 0 saturated carbocycles. The minimum absolute atomic E-state index is 0.0327. The van der Waals surface area contributed by atoms with Gasteiger partial charge in [0.05, 0.1) is 5.52 Å². The number of Topliss-reactive ketones (excluding diaryl/α,β-unsaturated/α-hetero) is 1. The first-order valence-corrected chi connectivity index (χ1v) is 9.26. The molecule has 0 spiro atoms. The highest BCUT2D eigenvalue weighted by molar-refractivity contribution is 7.17. The summed E-state index contributed by atoms with van der Waals surface area (Å²) < 4.78 is 20.0. The molecule has 0 atom stereocenters. The molecule has 0 fully saturated rings. The van der Waals surface area contributed by atoms with Crippen LogP contribution in [0.4, 0.5) is 4.39 Å². The number of nitrogens with zero attached hydrogens (tertiary/aromatic N) is 2. The van der Waals surface area contributed by atoms with Gasteiger partial charge in [0.25, 0.3) is 0 Å². The number of benzene rings is 2. The van der Waals surface area contributed by atoms with Crippen molar-refractivity contribution in [2.45, 2.75) is 12.8 Å². The van der Waals surface area contributed by atoms with Gasteiger partial charge in [-0.25, -0.2) is 14.4 Å². The predicted molar refractivity (Wildman–Crippen MR) is 103 cm³/mol. The van der Waals surface area contributed by atoms with Crippen LogP contribution in [0.1, 0.15) is 11.1 Å². The summed E-state index contributed by atoms with van der Waals surface area (Å²) in [6.45, 7) is 0. The normalized spacial score (nSPS) is 10.9. The first-order chi connectivity index (χ1) is 13.2. The largest absolute Gasteiger partial charge is 0.437 e. The minimum Gasteiger partial charge on any atom is -0.437 e. The van der Waals surface area contributed by atoms with Crippen LogP contribution in [0.25, 0.3) is 10.2 Å². The second-order valence-electron chi connectivity index (χ2n) is 6.08. The Bertz CT molecular complexity index is 1090. The maximum Gasteiger partial charge on any atom is 0.240 e. The third-order valence-corrected chi connectivity index (χ3v) is 4.93. The van der Waals surface area contributed by atoms with Gasteiger partial charge in [-0.05, 0) is 46.8 Å². The molecule has 2 aromatic carbocycles. The van der Waals surface area contributed by atoms with Crippen molar-refractivity contribution in [3.05, 3.63) is 83.2 Å². The lowest BCUT2D eigenvalue weighted by atomic mass is 10.0. The van der Waals surface area contributed by atoms with E-state index in [0.29, 0.717) is 23.6 Å². The molecule has 0 radical (unpaired) electrons. The highest BCUT2D eigenvalue weighted by Gasteiger charge is 2.09. The molecule has 0 aliphatic rings. The van der Waals surface area contributed by atoms with E-state index in [1.165, 1.54) is 29.8 Å². The zero-order valence-electron chi connectivity index (χ0n) is 14.3. The lowest BCUT2D eigenvalue weighted by molar-refractivity contribution is -0.117. The van der Waals surface area contributed by atoms with Gasteiger partial charge in [-0.1, -0.05) is 24.3 Å². The summed E-state index contributed by atoms with van der Waals surface area (Å²) in [5.41, 5.74) is 2.42. The second kappa shape index (κ2) is 7.63. The molecule has 134 valence electrons. The van der Waals surface area contributed by atoms with Gasteiger partial charge in [-0.15, -0.1) is 11.3 Å². The van der Waals surface area contributed by atoms with Crippen molar-refractivity contribution in [1.29, 1.82) is 0 Å². The van der Waals surface area contributed by atoms with Gasteiger partial charge in [0, 0.05) is 12.8 Å². The fourth-order valence-corrected chi connectivity index (χ4v) is 3.56. The van der Waals surface area contributed by atoms with Crippen LogP contribution in [0, 0.1) is 5.82 Å². The van der Waals surface area contributed by atoms with Gasteiger partial charge in [0.1, 0.15) is 28.4 Å². The molecule has 4 aromatic rings. The number of carbonyl (C=O) groups is 1. The highest BCUT2D eigenvalue weighted by Crippen LogP contribution is 2.30. The summed E-state index contributed by atoms with van der Waals surface area (Å²) in [5.74, 6) is 0.867. The average molecular weight is 378 g/mol. The first kappa shape index (κ1) is 17.3. The lowest BCUT2D eigenvalue weighted by Gasteiger charge is -2.07. The topological polar surface area (TPSA) is 52.1 Å². The predicted octanol–water partition coefficient (Wildman–Crippen LogP) is 4.98. The van der Waals surface area contributed by atoms with Gasteiger partial charge in [-0.2, -0.15) is 0 Å². The number of aromatic nitrogens is 2. The van der Waals surface area contributed by atoms with Gasteiger partial charge in [0.2, 0.25) is 5.88 Å². The molecule has 4 nitrogen and oxygen atoms in total. The highest BCUT2D eigenvalue weighted by atomic mass is 32.1. The van der Waals surface area contributed by atoms with Crippen LogP contribution in [0.15, 0.2) is 66.3 Å². The van der Waals surface area contributed by atoms with Gasteiger partial charge in [-0.3, -0.25) is 4.79 Å². The molecule has 0 amide bonds. The van der Waals surface area contributed by atoms with Crippen molar-refractivity contribution in [3.63, 3.8) is 0 Å². The fourth-order valence-electron chi connectivity index (χ4n) is 2.79. The Labute approximate surface area is 159 Å². The number of fused-ring (bicyclic) bond motifs is 1. The quantitative estimate of drug-likeness (QED) is 0.475. The fraction of sp³-hybridized carbons (Fsp3) is 0.0952. The number of halogens is 1. The van der Waals surface area contributed by atoms with Gasteiger partial charge < -0.3 is 4.74 Å². The standard InChI is InChI=1S/C21H15FN2O2S/c22-16-3-1-2-15(10-16)12-17(25)11-14-4-6-18(7-5-14)26-21-20-19(8-9-27-20)23-13-24-21/h1-10,13H,11-12H2. The van der Waals surface area contributed by atoms with E-state index in [0.717, 1.165) is 15.8 Å². The summed E-state index contributed by atoms with van der Waals surface area (Å²) in [6.07, 6.45) is 1.98. The molecule has 0 aliphatic heterocycles. The van der Waals surface area contributed by atoms with Crippen LogP contribution in [-0.4, -0.2) is 15.8 Å². The Morgan fingerprint density at radius 3 is 2.63 bits per heavy atom. The van der Waals surface area contributed by atoms with Crippen molar-refractivity contribution in [2.24, 2.45) is 0 Å². The van der Waals surface area contributed by atoms with Crippen molar-refractivity contribution in [2.75, 3.05) is 0 Å². The van der Waals surface area contributed by atoms with E-state index < -0.39 is 0 Å². The van der Waals surface area contributed by atoms with Crippen LogP contribution < -0.4 is 4.74 Å². The zero-order chi connectivity index (χ0) is 18.6. The Morgan fingerprint density at radius 2 is 1.81 bits per heavy atom. The molecule has 0 bridgehead atoms. The van der Waals surface area contributed by atoms with Crippen molar-refractivity contribution >= 4 is 27.3 Å².